The molecule has 0 atom stereocenters. The van der Waals surface area contributed by atoms with E-state index in [2.05, 4.69) is 0 Å². The summed E-state index contributed by atoms with van der Waals surface area (Å²) in [5, 5.41) is 9.93. The molecule has 1 fully saturated rings. The highest BCUT2D eigenvalue weighted by Gasteiger charge is 2.35. The molecule has 1 amide bonds. The van der Waals surface area contributed by atoms with Crippen molar-refractivity contribution in [3.63, 3.8) is 0 Å². The summed E-state index contributed by atoms with van der Waals surface area (Å²) in [5.41, 5.74) is 2.01. The lowest BCUT2D eigenvalue weighted by Crippen LogP contribution is -2.29. The Morgan fingerprint density at radius 2 is 1.82 bits per heavy atom. The number of amides is 1. The van der Waals surface area contributed by atoms with Crippen molar-refractivity contribution in [1.29, 1.82) is 0 Å². The third kappa shape index (κ3) is 2.75. The molecular weight excluding hydrogens is 304 g/mol. The number of phenolic OH excluding ortho intramolecular Hbond substituents is 1. The molecular formula is C15H14N2O4S. The number of carbonyl (C=O) groups is 1. The number of benzene rings is 2. The van der Waals surface area contributed by atoms with Crippen LogP contribution < -0.4 is 9.03 Å². The van der Waals surface area contributed by atoms with E-state index in [1.54, 1.807) is 12.1 Å². The molecule has 2 aromatic carbocycles. The van der Waals surface area contributed by atoms with Crippen LogP contribution in [0.25, 0.3) is 0 Å². The molecule has 0 bridgehead atoms. The summed E-state index contributed by atoms with van der Waals surface area (Å²) >= 11 is 0. The van der Waals surface area contributed by atoms with Gasteiger partial charge >= 0.3 is 10.2 Å². The first kappa shape index (κ1) is 14.4. The van der Waals surface area contributed by atoms with Gasteiger partial charge in [-0.05, 0) is 29.7 Å². The van der Waals surface area contributed by atoms with Crippen LogP contribution in [0.4, 0.5) is 5.69 Å². The summed E-state index contributed by atoms with van der Waals surface area (Å²) in [6.45, 7) is -0.329. The predicted octanol–water partition coefficient (Wildman–Crippen LogP) is 1.16. The molecule has 0 aliphatic carbocycles. The van der Waals surface area contributed by atoms with E-state index in [4.69, 9.17) is 0 Å². The Morgan fingerprint density at radius 3 is 2.45 bits per heavy atom. The summed E-state index contributed by atoms with van der Waals surface area (Å²) in [5.74, 6) is -0.801. The second-order valence-electron chi connectivity index (χ2n) is 5.02. The lowest BCUT2D eigenvalue weighted by molar-refractivity contribution is -0.117. The minimum Gasteiger partial charge on any atom is -0.506 e. The van der Waals surface area contributed by atoms with Crippen LogP contribution in [-0.4, -0.2) is 26.0 Å². The third-order valence-electron chi connectivity index (χ3n) is 3.38. The average Bonchev–Trinajstić information content (AvgIpc) is 2.75. The van der Waals surface area contributed by atoms with Gasteiger partial charge in [-0.3, -0.25) is 4.79 Å². The molecule has 114 valence electrons. The lowest BCUT2D eigenvalue weighted by atomic mass is 10.0. The topological polar surface area (TPSA) is 86.7 Å². The summed E-state index contributed by atoms with van der Waals surface area (Å²) in [6, 6.07) is 14.4. The highest BCUT2D eigenvalue weighted by molar-refractivity contribution is 7.92. The number of hydrogen-bond acceptors (Lipinski definition) is 4. The van der Waals surface area contributed by atoms with Crippen LogP contribution in [0.1, 0.15) is 11.1 Å². The van der Waals surface area contributed by atoms with E-state index in [9.17, 15) is 18.3 Å². The molecule has 0 radical (unpaired) electrons. The largest absolute Gasteiger partial charge is 0.506 e. The van der Waals surface area contributed by atoms with Crippen molar-refractivity contribution < 1.29 is 18.3 Å². The highest BCUT2D eigenvalue weighted by atomic mass is 32.2. The highest BCUT2D eigenvalue weighted by Crippen LogP contribution is 2.32. The standard InChI is InChI=1S/C15H14N2O4S/c18-14-7-6-12(8-11-4-2-1-3-5-11)9-13(14)17-10-15(19)16-22(17,20)21/h1-7,9,18H,8,10H2,(H,16,19). The van der Waals surface area contributed by atoms with E-state index in [0.29, 0.717) is 6.42 Å². The number of anilines is 1. The molecule has 0 spiro atoms. The van der Waals surface area contributed by atoms with Gasteiger partial charge in [0, 0.05) is 0 Å². The number of phenols is 1. The summed E-state index contributed by atoms with van der Waals surface area (Å²) < 4.78 is 26.5. The molecule has 3 rings (SSSR count). The number of nitrogens with zero attached hydrogens (tertiary/aromatic N) is 1. The van der Waals surface area contributed by atoms with E-state index >= 15 is 0 Å². The minimum absolute atomic E-state index is 0.104. The first-order chi connectivity index (χ1) is 10.5. The van der Waals surface area contributed by atoms with Crippen LogP contribution in [0.15, 0.2) is 48.5 Å². The molecule has 2 N–H and O–H groups in total. The summed E-state index contributed by atoms with van der Waals surface area (Å²) in [7, 11) is -3.93. The van der Waals surface area contributed by atoms with Gasteiger partial charge in [0.1, 0.15) is 12.3 Å². The first-order valence-corrected chi connectivity index (χ1v) is 8.09. The second-order valence-corrected chi connectivity index (χ2v) is 6.62. The van der Waals surface area contributed by atoms with Gasteiger partial charge < -0.3 is 5.11 Å². The van der Waals surface area contributed by atoms with Crippen LogP contribution in [0.2, 0.25) is 0 Å². The zero-order chi connectivity index (χ0) is 15.7. The molecule has 1 saturated heterocycles. The Balaban J connectivity index is 1.96. The molecule has 0 unspecified atom stereocenters. The van der Waals surface area contributed by atoms with Gasteiger partial charge in [0.2, 0.25) is 0 Å². The minimum atomic E-state index is -3.93. The molecule has 7 heteroatoms. The maximum absolute atomic E-state index is 11.9. The fraction of sp³-hybridized carbons (Fsp3) is 0.133. The molecule has 0 aromatic heterocycles. The van der Waals surface area contributed by atoms with Crippen molar-refractivity contribution >= 4 is 21.8 Å². The van der Waals surface area contributed by atoms with Crippen molar-refractivity contribution in [3.05, 3.63) is 59.7 Å². The predicted molar refractivity (Wildman–Crippen MR) is 81.8 cm³/mol. The normalized spacial score (nSPS) is 16.5. The zero-order valence-electron chi connectivity index (χ0n) is 11.6. The van der Waals surface area contributed by atoms with Gasteiger partial charge in [0.15, 0.2) is 0 Å². The van der Waals surface area contributed by atoms with E-state index in [1.807, 2.05) is 35.1 Å². The number of aromatic hydroxyl groups is 1. The third-order valence-corrected chi connectivity index (χ3v) is 4.77. The lowest BCUT2D eigenvalue weighted by Gasteiger charge is -2.17. The van der Waals surface area contributed by atoms with Crippen LogP contribution in [0, 0.1) is 0 Å². The van der Waals surface area contributed by atoms with Crippen LogP contribution >= 0.6 is 0 Å². The smallest absolute Gasteiger partial charge is 0.326 e. The van der Waals surface area contributed by atoms with Crippen LogP contribution in [0.5, 0.6) is 5.75 Å². The second kappa shape index (κ2) is 5.34. The van der Waals surface area contributed by atoms with E-state index in [1.165, 1.54) is 6.07 Å². The number of hydrogen-bond donors (Lipinski definition) is 2. The fourth-order valence-corrected chi connectivity index (χ4v) is 3.53. The van der Waals surface area contributed by atoms with Gasteiger partial charge in [-0.15, -0.1) is 0 Å². The van der Waals surface area contributed by atoms with Crippen molar-refractivity contribution in [2.75, 3.05) is 10.8 Å². The summed E-state index contributed by atoms with van der Waals surface area (Å²) in [6.07, 6.45) is 0.601. The molecule has 0 saturated carbocycles. The van der Waals surface area contributed by atoms with E-state index in [0.717, 1.165) is 15.4 Å². The number of rotatable bonds is 3. The Hall–Kier alpha value is -2.54. The van der Waals surface area contributed by atoms with E-state index in [-0.39, 0.29) is 18.0 Å². The maximum atomic E-state index is 11.9. The Bertz CT molecular complexity index is 819. The van der Waals surface area contributed by atoms with Gasteiger partial charge in [0.25, 0.3) is 5.91 Å². The van der Waals surface area contributed by atoms with Gasteiger partial charge in [0.05, 0.1) is 5.69 Å². The van der Waals surface area contributed by atoms with Gasteiger partial charge in [-0.1, -0.05) is 36.4 Å². The van der Waals surface area contributed by atoms with Gasteiger partial charge in [-0.25, -0.2) is 9.03 Å². The quantitative estimate of drug-likeness (QED) is 0.889. The van der Waals surface area contributed by atoms with Crippen molar-refractivity contribution in [2.24, 2.45) is 0 Å². The molecule has 22 heavy (non-hydrogen) atoms. The van der Waals surface area contributed by atoms with Crippen molar-refractivity contribution in [1.82, 2.24) is 4.72 Å². The Kier molecular flexibility index (Phi) is 3.50. The Morgan fingerprint density at radius 1 is 1.09 bits per heavy atom. The maximum Gasteiger partial charge on any atom is 0.326 e. The molecule has 1 aliphatic heterocycles. The number of nitrogens with one attached hydrogen (secondary N) is 1. The Labute approximate surface area is 128 Å². The first-order valence-electron chi connectivity index (χ1n) is 6.65. The van der Waals surface area contributed by atoms with E-state index < -0.39 is 16.1 Å². The zero-order valence-corrected chi connectivity index (χ0v) is 12.4. The van der Waals surface area contributed by atoms with Crippen LogP contribution in [0.3, 0.4) is 0 Å². The van der Waals surface area contributed by atoms with Crippen molar-refractivity contribution in [2.45, 2.75) is 6.42 Å². The van der Waals surface area contributed by atoms with Crippen molar-refractivity contribution in [3.8, 4) is 5.75 Å². The molecule has 2 aromatic rings. The molecule has 1 aliphatic rings. The van der Waals surface area contributed by atoms with Gasteiger partial charge in [-0.2, -0.15) is 8.42 Å². The molecule has 6 nitrogen and oxygen atoms in total. The number of carbonyl (C=O) groups excluding carboxylic acids is 1. The summed E-state index contributed by atoms with van der Waals surface area (Å²) in [4.78, 5) is 11.3. The molecule has 1 heterocycles. The fourth-order valence-electron chi connectivity index (χ4n) is 2.37. The van der Waals surface area contributed by atoms with Crippen LogP contribution in [-0.2, 0) is 21.4 Å². The monoisotopic (exact) mass is 318 g/mol. The average molecular weight is 318 g/mol. The SMILES string of the molecule is O=C1CN(c2cc(Cc3ccccc3)ccc2O)S(=O)(=O)N1.